The molecule has 0 aromatic heterocycles. The van der Waals surface area contributed by atoms with Gasteiger partial charge in [-0.2, -0.15) is 13.2 Å². The molecule has 1 unspecified atom stereocenters. The molecular weight excluding hydrogens is 279 g/mol. The lowest BCUT2D eigenvalue weighted by atomic mass is 9.94. The SMILES string of the molecule is NCC(COc1ccccc1)c1ccccc1C(F)(F)F. The maximum atomic E-state index is 13.0. The summed E-state index contributed by atoms with van der Waals surface area (Å²) in [7, 11) is 0. The Hall–Kier alpha value is -2.01. The fourth-order valence-electron chi connectivity index (χ4n) is 2.11. The zero-order valence-corrected chi connectivity index (χ0v) is 11.3. The third-order valence-electron chi connectivity index (χ3n) is 3.18. The highest BCUT2D eigenvalue weighted by Crippen LogP contribution is 2.35. The minimum atomic E-state index is -4.39. The van der Waals surface area contributed by atoms with Crippen LogP contribution in [0.4, 0.5) is 13.2 Å². The average molecular weight is 295 g/mol. The van der Waals surface area contributed by atoms with Crippen LogP contribution in [0.5, 0.6) is 5.75 Å². The summed E-state index contributed by atoms with van der Waals surface area (Å²) in [6, 6.07) is 14.4. The van der Waals surface area contributed by atoms with Crippen LogP contribution < -0.4 is 10.5 Å². The topological polar surface area (TPSA) is 35.2 Å². The summed E-state index contributed by atoms with van der Waals surface area (Å²) >= 11 is 0. The van der Waals surface area contributed by atoms with Crippen LogP contribution in [0, 0.1) is 0 Å². The van der Waals surface area contributed by atoms with Crippen LogP contribution in [-0.4, -0.2) is 13.2 Å². The van der Waals surface area contributed by atoms with Gasteiger partial charge in [-0.3, -0.25) is 0 Å². The van der Waals surface area contributed by atoms with E-state index in [0.717, 1.165) is 6.07 Å². The van der Waals surface area contributed by atoms with E-state index in [1.54, 1.807) is 30.3 Å². The minimum Gasteiger partial charge on any atom is -0.493 e. The van der Waals surface area contributed by atoms with E-state index in [9.17, 15) is 13.2 Å². The molecule has 2 rings (SSSR count). The molecule has 2 N–H and O–H groups in total. The predicted molar refractivity (Wildman–Crippen MR) is 75.2 cm³/mol. The van der Waals surface area contributed by atoms with Crippen molar-refractivity contribution in [2.75, 3.05) is 13.2 Å². The first-order chi connectivity index (χ1) is 10.0. The smallest absolute Gasteiger partial charge is 0.416 e. The van der Waals surface area contributed by atoms with Gasteiger partial charge in [0, 0.05) is 12.5 Å². The lowest BCUT2D eigenvalue weighted by Crippen LogP contribution is -2.23. The monoisotopic (exact) mass is 295 g/mol. The van der Waals surface area contributed by atoms with Crippen molar-refractivity contribution in [2.24, 2.45) is 5.73 Å². The summed E-state index contributed by atoms with van der Waals surface area (Å²) in [4.78, 5) is 0. The molecule has 0 amide bonds. The van der Waals surface area contributed by atoms with Gasteiger partial charge < -0.3 is 10.5 Å². The highest BCUT2D eigenvalue weighted by Gasteiger charge is 2.34. The maximum absolute atomic E-state index is 13.0. The van der Waals surface area contributed by atoms with Crippen LogP contribution in [0.2, 0.25) is 0 Å². The molecule has 0 radical (unpaired) electrons. The van der Waals surface area contributed by atoms with Gasteiger partial charge in [0.15, 0.2) is 0 Å². The normalized spacial score (nSPS) is 13.0. The molecule has 112 valence electrons. The van der Waals surface area contributed by atoms with Crippen molar-refractivity contribution in [1.29, 1.82) is 0 Å². The molecule has 21 heavy (non-hydrogen) atoms. The molecule has 0 aliphatic rings. The second-order valence-electron chi connectivity index (χ2n) is 4.64. The Balaban J connectivity index is 2.18. The van der Waals surface area contributed by atoms with Crippen molar-refractivity contribution in [1.82, 2.24) is 0 Å². The number of benzene rings is 2. The van der Waals surface area contributed by atoms with Crippen LogP contribution in [0.1, 0.15) is 17.0 Å². The summed E-state index contributed by atoms with van der Waals surface area (Å²) < 4.78 is 44.6. The number of ether oxygens (including phenoxy) is 1. The Morgan fingerprint density at radius 3 is 2.19 bits per heavy atom. The standard InChI is InChI=1S/C16H16F3NO/c17-16(18,19)15-9-5-4-8-14(15)12(10-20)11-21-13-6-2-1-3-7-13/h1-9,12H,10-11,20H2. The molecule has 0 spiro atoms. The summed E-state index contributed by atoms with van der Waals surface area (Å²) in [6.45, 7) is 0.188. The van der Waals surface area contributed by atoms with E-state index in [0.29, 0.717) is 5.75 Å². The molecule has 0 fully saturated rings. The van der Waals surface area contributed by atoms with Crippen LogP contribution in [0.25, 0.3) is 0 Å². The van der Waals surface area contributed by atoms with Gasteiger partial charge in [0.05, 0.1) is 12.2 Å². The zero-order valence-electron chi connectivity index (χ0n) is 11.3. The molecule has 0 saturated heterocycles. The van der Waals surface area contributed by atoms with Crippen molar-refractivity contribution in [3.63, 3.8) is 0 Å². The van der Waals surface area contributed by atoms with Gasteiger partial charge in [-0.1, -0.05) is 36.4 Å². The molecule has 0 bridgehead atoms. The van der Waals surface area contributed by atoms with Crippen molar-refractivity contribution in [2.45, 2.75) is 12.1 Å². The summed E-state index contributed by atoms with van der Waals surface area (Å²) in [5, 5.41) is 0. The van der Waals surface area contributed by atoms with Gasteiger partial charge in [-0.25, -0.2) is 0 Å². The Kier molecular flexibility index (Phi) is 4.85. The molecule has 0 aliphatic carbocycles. The number of hydrogen-bond donors (Lipinski definition) is 1. The molecule has 0 aliphatic heterocycles. The van der Waals surface area contributed by atoms with Gasteiger partial charge in [0.25, 0.3) is 0 Å². The number of hydrogen-bond acceptors (Lipinski definition) is 2. The average Bonchev–Trinajstić information content (AvgIpc) is 2.48. The molecule has 2 nitrogen and oxygen atoms in total. The Morgan fingerprint density at radius 2 is 1.57 bits per heavy atom. The number of para-hydroxylation sites is 1. The predicted octanol–water partition coefficient (Wildman–Crippen LogP) is 3.83. The third-order valence-corrected chi connectivity index (χ3v) is 3.18. The number of halogens is 3. The van der Waals surface area contributed by atoms with E-state index in [2.05, 4.69) is 0 Å². The second-order valence-corrected chi connectivity index (χ2v) is 4.64. The Bertz CT molecular complexity index is 569. The summed E-state index contributed by atoms with van der Waals surface area (Å²) in [5.74, 6) is 0.100. The van der Waals surface area contributed by atoms with Crippen molar-refractivity contribution in [3.05, 3.63) is 65.7 Å². The van der Waals surface area contributed by atoms with Gasteiger partial charge in [-0.05, 0) is 23.8 Å². The molecule has 1 atom stereocenters. The third kappa shape index (κ3) is 3.98. The van der Waals surface area contributed by atoms with Gasteiger partial charge in [-0.15, -0.1) is 0 Å². The maximum Gasteiger partial charge on any atom is 0.416 e. The summed E-state index contributed by atoms with van der Waals surface area (Å²) in [5.41, 5.74) is 5.15. The van der Waals surface area contributed by atoms with Crippen LogP contribution in [0.15, 0.2) is 54.6 Å². The first-order valence-corrected chi connectivity index (χ1v) is 6.56. The van der Waals surface area contributed by atoms with E-state index < -0.39 is 17.7 Å². The van der Waals surface area contributed by atoms with E-state index in [1.807, 2.05) is 6.07 Å². The van der Waals surface area contributed by atoms with Crippen molar-refractivity contribution >= 4 is 0 Å². The molecular formula is C16H16F3NO. The lowest BCUT2D eigenvalue weighted by Gasteiger charge is -2.20. The molecule has 0 heterocycles. The molecule has 2 aromatic carbocycles. The fraction of sp³-hybridized carbons (Fsp3) is 0.250. The molecule has 5 heteroatoms. The highest BCUT2D eigenvalue weighted by molar-refractivity contribution is 5.33. The first-order valence-electron chi connectivity index (χ1n) is 6.56. The van der Waals surface area contributed by atoms with Gasteiger partial charge in [0.1, 0.15) is 5.75 Å². The van der Waals surface area contributed by atoms with E-state index in [4.69, 9.17) is 10.5 Å². The minimum absolute atomic E-state index is 0.0833. The lowest BCUT2D eigenvalue weighted by molar-refractivity contribution is -0.138. The number of rotatable bonds is 5. The summed E-state index contributed by atoms with van der Waals surface area (Å²) in [6.07, 6.45) is -4.39. The fourth-order valence-corrected chi connectivity index (χ4v) is 2.11. The van der Waals surface area contributed by atoms with Crippen LogP contribution >= 0.6 is 0 Å². The second kappa shape index (κ2) is 6.63. The van der Waals surface area contributed by atoms with Gasteiger partial charge >= 0.3 is 6.18 Å². The largest absolute Gasteiger partial charge is 0.493 e. The van der Waals surface area contributed by atoms with Crippen LogP contribution in [0.3, 0.4) is 0 Å². The highest BCUT2D eigenvalue weighted by atomic mass is 19.4. The molecule has 0 saturated carbocycles. The van der Waals surface area contributed by atoms with E-state index in [1.165, 1.54) is 12.1 Å². The number of alkyl halides is 3. The number of nitrogens with two attached hydrogens (primary N) is 1. The quantitative estimate of drug-likeness (QED) is 0.910. The van der Waals surface area contributed by atoms with Crippen molar-refractivity contribution in [3.8, 4) is 5.75 Å². The van der Waals surface area contributed by atoms with Crippen molar-refractivity contribution < 1.29 is 17.9 Å². The molecule has 2 aromatic rings. The van der Waals surface area contributed by atoms with E-state index >= 15 is 0 Å². The first kappa shape index (κ1) is 15.4. The Labute approximate surface area is 121 Å². The Morgan fingerprint density at radius 1 is 0.952 bits per heavy atom. The van der Waals surface area contributed by atoms with Gasteiger partial charge in [0.2, 0.25) is 0 Å². The van der Waals surface area contributed by atoms with E-state index in [-0.39, 0.29) is 18.7 Å². The van der Waals surface area contributed by atoms with Crippen LogP contribution in [-0.2, 0) is 6.18 Å². The zero-order chi connectivity index (χ0) is 15.3.